The Morgan fingerprint density at radius 3 is 2.41 bits per heavy atom. The third-order valence-corrected chi connectivity index (χ3v) is 12.6. The maximum Gasteiger partial charge on any atom is 0.413 e. The molecule has 16 heteroatoms. The number of hydrogen-bond donors (Lipinski definition) is 2. The van der Waals surface area contributed by atoms with Crippen molar-refractivity contribution in [3.05, 3.63) is 48.4 Å². The van der Waals surface area contributed by atoms with Crippen molar-refractivity contribution in [1.82, 2.24) is 30.2 Å². The van der Waals surface area contributed by atoms with Crippen molar-refractivity contribution in [3.8, 4) is 45.8 Å². The van der Waals surface area contributed by atoms with Gasteiger partial charge in [0.15, 0.2) is 28.7 Å². The number of benzene rings is 2. The van der Waals surface area contributed by atoms with Gasteiger partial charge < -0.3 is 43.6 Å². The van der Waals surface area contributed by atoms with Crippen LogP contribution in [-0.2, 0) is 9.59 Å². The number of nitrogens with zero attached hydrogens (tertiary/aromatic N) is 5. The van der Waals surface area contributed by atoms with Crippen LogP contribution in [0.2, 0.25) is 0 Å². The van der Waals surface area contributed by atoms with E-state index in [1.165, 1.54) is 6.33 Å². The van der Waals surface area contributed by atoms with Crippen LogP contribution in [0.3, 0.4) is 0 Å². The maximum absolute atomic E-state index is 14.3. The van der Waals surface area contributed by atoms with Gasteiger partial charge in [-0.05, 0) is 80.2 Å². The summed E-state index contributed by atoms with van der Waals surface area (Å²) in [5.74, 6) is 3.37. The monoisotopic (exact) mass is 835 g/mol. The minimum Gasteiger partial charge on any atom is -0.493 e. The number of aromatic amines is 1. The summed E-state index contributed by atoms with van der Waals surface area (Å²) in [5.41, 5.74) is 3.16. The Morgan fingerprint density at radius 2 is 1.67 bits per heavy atom. The number of aromatic nitrogens is 3. The van der Waals surface area contributed by atoms with Crippen molar-refractivity contribution in [3.63, 3.8) is 0 Å². The van der Waals surface area contributed by atoms with Crippen LogP contribution in [-0.4, -0.2) is 101 Å². The fourth-order valence-corrected chi connectivity index (χ4v) is 9.07. The van der Waals surface area contributed by atoms with E-state index in [9.17, 15) is 14.4 Å². The molecule has 5 heterocycles. The standard InChI is InChI=1S/C45H53N7O9/c1-45(2,3)41(49-44(55)61-34-21-46-39-37(34)47-23-48-38(39)35-31(58-22-25-10-11-25)14-15-32-40(35)60-24-59-32)43(54)51-18-16-27(17-19-51)52-42(53)29-9-7-6-8-28(29)36(50-52)26-12-13-30(56-4)33(20-26)57-5/h12-15,20-21,23,25,27-29,41,46H,6-11,16-19,22,24H2,1-5H3,(H,49,55)/t28-,29+,41-/m0/s1. The molecule has 5 aliphatic rings. The van der Waals surface area contributed by atoms with Gasteiger partial charge in [-0.2, -0.15) is 5.10 Å². The van der Waals surface area contributed by atoms with Crippen LogP contribution in [0, 0.1) is 23.2 Å². The first-order chi connectivity index (χ1) is 29.5. The van der Waals surface area contributed by atoms with Gasteiger partial charge in [-0.15, -0.1) is 0 Å². The molecule has 0 radical (unpaired) electrons. The summed E-state index contributed by atoms with van der Waals surface area (Å²) in [5, 5.41) is 9.63. The second-order valence-electron chi connectivity index (χ2n) is 17.7. The molecular weight excluding hydrogens is 783 g/mol. The zero-order chi connectivity index (χ0) is 42.4. The summed E-state index contributed by atoms with van der Waals surface area (Å²) < 4.78 is 34.7. The number of hydrazone groups is 1. The maximum atomic E-state index is 14.3. The lowest BCUT2D eigenvalue weighted by Gasteiger charge is -2.44. The fourth-order valence-electron chi connectivity index (χ4n) is 9.07. The van der Waals surface area contributed by atoms with Gasteiger partial charge in [0.1, 0.15) is 29.3 Å². The molecule has 16 nitrogen and oxygen atoms in total. The molecule has 9 rings (SSSR count). The number of fused-ring (bicyclic) bond motifs is 3. The lowest BCUT2D eigenvalue weighted by Crippen LogP contribution is -2.58. The van der Waals surface area contributed by atoms with Crippen molar-refractivity contribution in [1.29, 1.82) is 0 Å². The highest BCUT2D eigenvalue weighted by Crippen LogP contribution is 2.49. The average Bonchev–Trinajstić information content (AvgIpc) is 3.83. The molecule has 2 saturated carbocycles. The Kier molecular flexibility index (Phi) is 10.9. The third-order valence-electron chi connectivity index (χ3n) is 12.6. The van der Waals surface area contributed by atoms with Gasteiger partial charge in [0.25, 0.3) is 0 Å². The van der Waals surface area contributed by atoms with E-state index in [0.29, 0.717) is 89.5 Å². The predicted molar refractivity (Wildman–Crippen MR) is 224 cm³/mol. The van der Waals surface area contributed by atoms with Crippen LogP contribution >= 0.6 is 0 Å². The zero-order valence-corrected chi connectivity index (χ0v) is 35.3. The Labute approximate surface area is 354 Å². The van der Waals surface area contributed by atoms with Gasteiger partial charge in [0, 0.05) is 36.7 Å². The summed E-state index contributed by atoms with van der Waals surface area (Å²) in [6, 6.07) is 8.39. The number of carbonyl (C=O) groups excluding carboxylic acids is 3. The van der Waals surface area contributed by atoms with Gasteiger partial charge in [-0.1, -0.05) is 33.6 Å². The summed E-state index contributed by atoms with van der Waals surface area (Å²) >= 11 is 0. The van der Waals surface area contributed by atoms with Crippen molar-refractivity contribution < 1.29 is 42.8 Å². The van der Waals surface area contributed by atoms with E-state index in [2.05, 4.69) is 20.3 Å². The molecule has 2 aromatic heterocycles. The SMILES string of the molecule is COc1ccc(C2=NN(C3CCN(C(=O)[C@H](NC(=O)Oc4c[nH]c5c(-c6c(OCC7CC7)ccc7c6OCO7)ncnc45)C(C)(C)C)CC3)C(=O)[C@@H]3CCCC[C@H]23)cc1OC. The van der Waals surface area contributed by atoms with Crippen LogP contribution in [0.25, 0.3) is 22.3 Å². The van der Waals surface area contributed by atoms with Gasteiger partial charge in [0.2, 0.25) is 18.6 Å². The molecule has 3 aliphatic heterocycles. The molecule has 3 atom stereocenters. The highest BCUT2D eigenvalue weighted by atomic mass is 16.7. The normalized spacial score (nSPS) is 20.8. The van der Waals surface area contributed by atoms with Crippen LogP contribution in [0.15, 0.2) is 48.0 Å². The van der Waals surface area contributed by atoms with Crippen molar-refractivity contribution in [2.75, 3.05) is 40.7 Å². The topological polar surface area (TPSA) is 179 Å². The third kappa shape index (κ3) is 7.87. The summed E-state index contributed by atoms with van der Waals surface area (Å²) in [6.07, 6.45) is 9.29. The Bertz CT molecular complexity index is 2360. The summed E-state index contributed by atoms with van der Waals surface area (Å²) in [6.45, 7) is 7.16. The number of likely N-dealkylation sites (tertiary alicyclic amines) is 1. The smallest absolute Gasteiger partial charge is 0.413 e. The van der Waals surface area contributed by atoms with Crippen molar-refractivity contribution in [2.45, 2.75) is 84.2 Å². The van der Waals surface area contributed by atoms with E-state index >= 15 is 0 Å². The van der Waals surface area contributed by atoms with E-state index in [0.717, 1.165) is 49.8 Å². The number of rotatable bonds is 11. The second kappa shape index (κ2) is 16.4. The molecule has 0 spiro atoms. The Balaban J connectivity index is 0.893. The molecule has 2 aliphatic carbocycles. The van der Waals surface area contributed by atoms with E-state index in [-0.39, 0.29) is 42.2 Å². The Hall–Kier alpha value is -6.06. The number of ether oxygens (including phenoxy) is 6. The van der Waals surface area contributed by atoms with E-state index in [1.54, 1.807) is 30.3 Å². The largest absolute Gasteiger partial charge is 0.493 e. The lowest BCUT2D eigenvalue weighted by atomic mass is 9.73. The van der Waals surface area contributed by atoms with E-state index < -0.39 is 17.6 Å². The van der Waals surface area contributed by atoms with E-state index in [4.69, 9.17) is 33.5 Å². The van der Waals surface area contributed by atoms with Crippen molar-refractivity contribution in [2.24, 2.45) is 28.3 Å². The molecule has 0 unspecified atom stereocenters. The summed E-state index contributed by atoms with van der Waals surface area (Å²) in [4.78, 5) is 56.0. The molecule has 0 bridgehead atoms. The lowest BCUT2D eigenvalue weighted by molar-refractivity contribution is -0.144. The molecule has 61 heavy (non-hydrogen) atoms. The number of hydrogen-bond acceptors (Lipinski definition) is 12. The van der Waals surface area contributed by atoms with Gasteiger partial charge in [-0.25, -0.2) is 19.8 Å². The minimum atomic E-state index is -0.906. The number of piperidine rings is 1. The molecule has 2 aromatic carbocycles. The quantitative estimate of drug-likeness (QED) is 0.164. The number of methoxy groups -OCH3 is 2. The van der Waals surface area contributed by atoms with Crippen LogP contribution in [0.4, 0.5) is 4.79 Å². The van der Waals surface area contributed by atoms with Crippen LogP contribution in [0.1, 0.15) is 77.7 Å². The molecule has 2 N–H and O–H groups in total. The summed E-state index contributed by atoms with van der Waals surface area (Å²) in [7, 11) is 3.22. The molecule has 322 valence electrons. The first kappa shape index (κ1) is 40.4. The number of amides is 3. The van der Waals surface area contributed by atoms with Gasteiger partial charge in [-0.3, -0.25) is 9.59 Å². The fraction of sp³-hybridized carbons (Fsp3) is 0.511. The first-order valence-electron chi connectivity index (χ1n) is 21.3. The molecule has 3 fully saturated rings. The zero-order valence-electron chi connectivity index (χ0n) is 35.3. The molecule has 3 amide bonds. The number of H-pyrrole nitrogens is 1. The van der Waals surface area contributed by atoms with E-state index in [1.807, 2.05) is 51.1 Å². The number of carbonyl (C=O) groups is 3. The predicted octanol–water partition coefficient (Wildman–Crippen LogP) is 6.71. The Morgan fingerprint density at radius 1 is 0.918 bits per heavy atom. The van der Waals surface area contributed by atoms with Crippen LogP contribution in [0.5, 0.6) is 34.5 Å². The second-order valence-corrected chi connectivity index (χ2v) is 17.7. The van der Waals surface area contributed by atoms with Gasteiger partial charge in [0.05, 0.1) is 43.7 Å². The first-order valence-corrected chi connectivity index (χ1v) is 21.3. The van der Waals surface area contributed by atoms with Gasteiger partial charge >= 0.3 is 6.09 Å². The highest BCUT2D eigenvalue weighted by molar-refractivity contribution is 6.07. The molecule has 4 aromatic rings. The molecule has 1 saturated heterocycles. The van der Waals surface area contributed by atoms with Crippen molar-refractivity contribution >= 4 is 34.7 Å². The highest BCUT2D eigenvalue weighted by Gasteiger charge is 2.45. The van der Waals surface area contributed by atoms with Crippen LogP contribution < -0.4 is 33.7 Å². The average molecular weight is 836 g/mol. The minimum absolute atomic E-state index is 0.0349. The number of nitrogens with one attached hydrogen (secondary N) is 2. The molecular formula is C45H53N7O9.